The molecule has 0 saturated carbocycles. The standard InChI is InChI=1S/C12H18O4S/c1-5-7-9(3)11(13)15-17-16-12(14)10(4)8-6-2/h5-10H,1-4H3. The predicted octanol–water partition coefficient (Wildman–Crippen LogP) is 3.06. The summed E-state index contributed by atoms with van der Waals surface area (Å²) in [5.41, 5.74) is 0. The van der Waals surface area contributed by atoms with Gasteiger partial charge in [-0.1, -0.05) is 24.3 Å². The van der Waals surface area contributed by atoms with Crippen molar-refractivity contribution >= 4 is 24.3 Å². The van der Waals surface area contributed by atoms with Crippen molar-refractivity contribution < 1.29 is 18.0 Å². The van der Waals surface area contributed by atoms with Gasteiger partial charge in [-0.3, -0.25) is 9.59 Å². The highest BCUT2D eigenvalue weighted by Crippen LogP contribution is 2.13. The molecular formula is C12H18O4S. The maximum Gasteiger partial charge on any atom is 0.327 e. The van der Waals surface area contributed by atoms with E-state index in [1.807, 2.05) is 13.8 Å². The Hall–Kier alpha value is -1.23. The molecule has 0 radical (unpaired) electrons. The molecular weight excluding hydrogens is 240 g/mol. The average molecular weight is 258 g/mol. The molecule has 0 heterocycles. The molecule has 0 spiro atoms. The number of hydrogen-bond donors (Lipinski definition) is 0. The summed E-state index contributed by atoms with van der Waals surface area (Å²) in [4.78, 5) is 22.6. The Kier molecular flexibility index (Phi) is 8.23. The van der Waals surface area contributed by atoms with Crippen LogP contribution in [0.25, 0.3) is 0 Å². The molecule has 96 valence electrons. The van der Waals surface area contributed by atoms with E-state index in [0.29, 0.717) is 12.3 Å². The van der Waals surface area contributed by atoms with Gasteiger partial charge in [-0.2, -0.15) is 0 Å². The van der Waals surface area contributed by atoms with Crippen molar-refractivity contribution in [1.29, 1.82) is 0 Å². The van der Waals surface area contributed by atoms with Gasteiger partial charge >= 0.3 is 11.9 Å². The maximum absolute atomic E-state index is 11.3. The highest BCUT2D eigenvalue weighted by atomic mass is 32.2. The Bertz CT molecular complexity index is 280. The van der Waals surface area contributed by atoms with Gasteiger partial charge in [0.25, 0.3) is 12.3 Å². The van der Waals surface area contributed by atoms with Crippen LogP contribution in [0, 0.1) is 11.8 Å². The molecule has 2 unspecified atom stereocenters. The molecule has 0 amide bonds. The zero-order valence-corrected chi connectivity index (χ0v) is 11.3. The van der Waals surface area contributed by atoms with Crippen molar-refractivity contribution in [3.63, 3.8) is 0 Å². The molecule has 2 atom stereocenters. The summed E-state index contributed by atoms with van der Waals surface area (Å²) in [5.74, 6) is -1.59. The Balaban J connectivity index is 3.91. The van der Waals surface area contributed by atoms with Crippen LogP contribution >= 0.6 is 12.3 Å². The number of allylic oxidation sites excluding steroid dienone is 2. The van der Waals surface area contributed by atoms with E-state index in [1.165, 1.54) is 0 Å². The lowest BCUT2D eigenvalue weighted by Crippen LogP contribution is -2.12. The van der Waals surface area contributed by atoms with Crippen molar-refractivity contribution in [1.82, 2.24) is 0 Å². The van der Waals surface area contributed by atoms with E-state index in [9.17, 15) is 9.59 Å². The van der Waals surface area contributed by atoms with Crippen LogP contribution in [-0.4, -0.2) is 11.9 Å². The fourth-order valence-electron chi connectivity index (χ4n) is 0.970. The van der Waals surface area contributed by atoms with Crippen molar-refractivity contribution in [3.05, 3.63) is 24.3 Å². The number of carbonyl (C=O) groups excluding carboxylic acids is 2. The molecule has 0 aromatic carbocycles. The first-order valence-electron chi connectivity index (χ1n) is 5.37. The Labute approximate surface area is 106 Å². The molecule has 0 N–H and O–H groups in total. The van der Waals surface area contributed by atoms with Crippen molar-refractivity contribution in [3.8, 4) is 0 Å². The highest BCUT2D eigenvalue weighted by molar-refractivity contribution is 7.90. The number of hydrogen-bond acceptors (Lipinski definition) is 5. The van der Waals surface area contributed by atoms with Gasteiger partial charge in [0.2, 0.25) is 0 Å². The van der Waals surface area contributed by atoms with Crippen molar-refractivity contribution in [2.45, 2.75) is 27.7 Å². The molecule has 0 aromatic rings. The summed E-state index contributed by atoms with van der Waals surface area (Å²) in [6.45, 7) is 7.03. The lowest BCUT2D eigenvalue weighted by atomic mass is 10.2. The minimum absolute atomic E-state index is 0.348. The maximum atomic E-state index is 11.3. The van der Waals surface area contributed by atoms with Crippen LogP contribution in [0.5, 0.6) is 0 Å². The first-order valence-corrected chi connectivity index (χ1v) is 6.04. The minimum atomic E-state index is -0.445. The van der Waals surface area contributed by atoms with Gasteiger partial charge in [-0.25, -0.2) is 0 Å². The largest absolute Gasteiger partial charge is 0.354 e. The van der Waals surface area contributed by atoms with E-state index >= 15 is 0 Å². The van der Waals surface area contributed by atoms with E-state index in [-0.39, 0.29) is 11.8 Å². The second kappa shape index (κ2) is 8.87. The highest BCUT2D eigenvalue weighted by Gasteiger charge is 2.16. The van der Waals surface area contributed by atoms with Gasteiger partial charge in [0, 0.05) is 0 Å². The van der Waals surface area contributed by atoms with Crippen LogP contribution in [0.4, 0.5) is 0 Å². The van der Waals surface area contributed by atoms with Gasteiger partial charge in [0.05, 0.1) is 11.8 Å². The minimum Gasteiger partial charge on any atom is -0.354 e. The van der Waals surface area contributed by atoms with Gasteiger partial charge in [0.15, 0.2) is 0 Å². The van der Waals surface area contributed by atoms with E-state index in [1.54, 1.807) is 38.2 Å². The third-order valence-corrected chi connectivity index (χ3v) is 2.40. The monoisotopic (exact) mass is 258 g/mol. The molecule has 0 fully saturated rings. The van der Waals surface area contributed by atoms with Gasteiger partial charge in [0.1, 0.15) is 0 Å². The third kappa shape index (κ3) is 6.84. The summed E-state index contributed by atoms with van der Waals surface area (Å²) in [7, 11) is 0. The second-order valence-electron chi connectivity index (χ2n) is 3.50. The molecule has 0 aliphatic rings. The van der Waals surface area contributed by atoms with E-state index in [0.717, 1.165) is 0 Å². The van der Waals surface area contributed by atoms with Crippen LogP contribution in [0.3, 0.4) is 0 Å². The summed E-state index contributed by atoms with van der Waals surface area (Å²) < 4.78 is 9.43. The second-order valence-corrected chi connectivity index (χ2v) is 3.97. The van der Waals surface area contributed by atoms with E-state index in [4.69, 9.17) is 8.37 Å². The molecule has 0 bridgehead atoms. The Morgan fingerprint density at radius 1 is 0.941 bits per heavy atom. The Morgan fingerprint density at radius 2 is 1.29 bits per heavy atom. The molecule has 0 rings (SSSR count). The van der Waals surface area contributed by atoms with Crippen LogP contribution < -0.4 is 0 Å². The number of carbonyl (C=O) groups is 2. The molecule has 0 saturated heterocycles. The summed E-state index contributed by atoms with van der Waals surface area (Å²) >= 11 is 0.411. The lowest BCUT2D eigenvalue weighted by Gasteiger charge is -2.06. The van der Waals surface area contributed by atoms with Crippen molar-refractivity contribution in [2.24, 2.45) is 11.8 Å². The van der Waals surface area contributed by atoms with Crippen LogP contribution in [0.2, 0.25) is 0 Å². The molecule has 4 nitrogen and oxygen atoms in total. The molecule has 0 aliphatic heterocycles. The first kappa shape index (κ1) is 15.8. The van der Waals surface area contributed by atoms with Crippen molar-refractivity contribution in [2.75, 3.05) is 0 Å². The fourth-order valence-corrected chi connectivity index (χ4v) is 1.44. The normalized spacial score (nSPS) is 14.8. The van der Waals surface area contributed by atoms with E-state index < -0.39 is 11.9 Å². The smallest absolute Gasteiger partial charge is 0.327 e. The van der Waals surface area contributed by atoms with Gasteiger partial charge in [-0.05, 0) is 27.7 Å². The first-order chi connectivity index (χ1) is 8.02. The van der Waals surface area contributed by atoms with Crippen LogP contribution in [0.1, 0.15) is 27.7 Å². The molecule has 5 heteroatoms. The van der Waals surface area contributed by atoms with Crippen LogP contribution in [0.15, 0.2) is 24.3 Å². The summed E-state index contributed by atoms with van der Waals surface area (Å²) in [5, 5.41) is 0. The third-order valence-electron chi connectivity index (χ3n) is 1.94. The van der Waals surface area contributed by atoms with Gasteiger partial charge < -0.3 is 8.37 Å². The zero-order valence-electron chi connectivity index (χ0n) is 10.5. The quantitative estimate of drug-likeness (QED) is 0.541. The molecule has 0 aromatic heterocycles. The predicted molar refractivity (Wildman–Crippen MR) is 67.7 cm³/mol. The molecule has 17 heavy (non-hydrogen) atoms. The summed E-state index contributed by atoms with van der Waals surface area (Å²) in [6.07, 6.45) is 6.92. The van der Waals surface area contributed by atoms with E-state index in [2.05, 4.69) is 0 Å². The SMILES string of the molecule is CC=CC(C)C(=O)OSOC(=O)C(C)C=CC. The van der Waals surface area contributed by atoms with Gasteiger partial charge in [-0.15, -0.1) is 0 Å². The Morgan fingerprint density at radius 3 is 1.59 bits per heavy atom. The average Bonchev–Trinajstić information content (AvgIpc) is 2.29. The molecule has 0 aliphatic carbocycles. The van der Waals surface area contributed by atoms with Crippen LogP contribution in [-0.2, 0) is 18.0 Å². The zero-order chi connectivity index (χ0) is 13.3. The summed E-state index contributed by atoms with van der Waals surface area (Å²) in [6, 6.07) is 0. The topological polar surface area (TPSA) is 52.6 Å². The number of rotatable bonds is 6. The fraction of sp³-hybridized carbons (Fsp3) is 0.500. The lowest BCUT2D eigenvalue weighted by molar-refractivity contribution is -0.138.